The van der Waals surface area contributed by atoms with E-state index in [0.717, 1.165) is 16.8 Å². The quantitative estimate of drug-likeness (QED) is 0.283. The van der Waals surface area contributed by atoms with Gasteiger partial charge < -0.3 is 25.2 Å². The number of nitrogens with zero attached hydrogens (tertiary/aromatic N) is 2. The van der Waals surface area contributed by atoms with Crippen LogP contribution >= 0.6 is 0 Å². The van der Waals surface area contributed by atoms with E-state index in [4.69, 9.17) is 9.94 Å². The summed E-state index contributed by atoms with van der Waals surface area (Å²) in [4.78, 5) is 53.8. The Morgan fingerprint density at radius 3 is 2.33 bits per heavy atom. The van der Waals surface area contributed by atoms with Gasteiger partial charge in [0.25, 0.3) is 5.91 Å². The van der Waals surface area contributed by atoms with Crippen LogP contribution in [0.4, 0.5) is 11.4 Å². The lowest BCUT2D eigenvalue weighted by atomic mass is 9.92. The number of hydrogen-bond donors (Lipinski definition) is 4. The first-order chi connectivity index (χ1) is 18.4. The summed E-state index contributed by atoms with van der Waals surface area (Å²) in [5.74, 6) is -1.30. The molecule has 0 aliphatic carbocycles. The van der Waals surface area contributed by atoms with Crippen LogP contribution in [0, 0.1) is 5.41 Å². The van der Waals surface area contributed by atoms with Crippen molar-refractivity contribution in [2.24, 2.45) is 5.41 Å². The van der Waals surface area contributed by atoms with Gasteiger partial charge in [-0.1, -0.05) is 26.8 Å². The van der Waals surface area contributed by atoms with Crippen LogP contribution in [-0.2, 0) is 32.1 Å². The van der Waals surface area contributed by atoms with Crippen molar-refractivity contribution in [3.05, 3.63) is 53.6 Å². The SMILES string of the molecule is CN(C)c1ccc(NC(=O)[C@@H]2Cc3ccc(OCC(=O)NO)cc3CN2C(=O)CNC(=O)CC(C)(C)C)cc1. The fourth-order valence-corrected chi connectivity index (χ4v) is 4.22. The standard InChI is InChI=1S/C28H37N5O6/c1-28(2,3)14-24(34)29-15-26(36)33-16-19-12-22(39-17-25(35)31-38)11-6-18(19)13-23(33)27(37)30-20-7-9-21(10-8-20)32(4)5/h6-12,23,38H,13-17H2,1-5H3,(H,29,34)(H,30,37)(H,31,35)/t23-/m0/s1. The van der Waals surface area contributed by atoms with Gasteiger partial charge in [-0.15, -0.1) is 0 Å². The molecular formula is C28H37N5O6. The van der Waals surface area contributed by atoms with Gasteiger partial charge in [0.2, 0.25) is 17.7 Å². The molecule has 0 bridgehead atoms. The average Bonchev–Trinajstić information content (AvgIpc) is 2.88. The Hall–Kier alpha value is -4.12. The summed E-state index contributed by atoms with van der Waals surface area (Å²) in [5.41, 5.74) is 4.48. The van der Waals surface area contributed by atoms with Crippen molar-refractivity contribution in [3.63, 3.8) is 0 Å². The molecule has 11 heteroatoms. The molecule has 1 atom stereocenters. The molecule has 0 aromatic heterocycles. The van der Waals surface area contributed by atoms with Crippen LogP contribution in [0.25, 0.3) is 0 Å². The van der Waals surface area contributed by atoms with Gasteiger partial charge in [0.1, 0.15) is 11.8 Å². The van der Waals surface area contributed by atoms with Crippen LogP contribution in [0.5, 0.6) is 5.75 Å². The predicted octanol–water partition coefficient (Wildman–Crippen LogP) is 2.08. The number of carbonyl (C=O) groups excluding carboxylic acids is 4. The van der Waals surface area contributed by atoms with Crippen molar-refractivity contribution < 1.29 is 29.1 Å². The number of anilines is 2. The first-order valence-electron chi connectivity index (χ1n) is 12.7. The lowest BCUT2D eigenvalue weighted by molar-refractivity contribution is -0.140. The average molecular weight is 540 g/mol. The third kappa shape index (κ3) is 8.44. The van der Waals surface area contributed by atoms with E-state index in [1.807, 2.05) is 51.9 Å². The maximum atomic E-state index is 13.4. The predicted molar refractivity (Wildman–Crippen MR) is 146 cm³/mol. The van der Waals surface area contributed by atoms with E-state index >= 15 is 0 Å². The van der Waals surface area contributed by atoms with Gasteiger partial charge in [-0.05, 0) is 52.9 Å². The van der Waals surface area contributed by atoms with Crippen LogP contribution in [0.3, 0.4) is 0 Å². The minimum absolute atomic E-state index is 0.115. The highest BCUT2D eigenvalue weighted by molar-refractivity contribution is 5.98. The van der Waals surface area contributed by atoms with Crippen LogP contribution in [0.1, 0.15) is 38.3 Å². The van der Waals surface area contributed by atoms with Crippen molar-refractivity contribution >= 4 is 35.0 Å². The van der Waals surface area contributed by atoms with E-state index in [-0.39, 0.29) is 49.8 Å². The highest BCUT2D eigenvalue weighted by Crippen LogP contribution is 2.28. The molecule has 0 fully saturated rings. The van der Waals surface area contributed by atoms with Gasteiger partial charge in [0.15, 0.2) is 6.61 Å². The summed E-state index contributed by atoms with van der Waals surface area (Å²) >= 11 is 0. The van der Waals surface area contributed by atoms with Crippen molar-refractivity contribution in [2.75, 3.05) is 37.5 Å². The van der Waals surface area contributed by atoms with E-state index < -0.39 is 17.9 Å². The van der Waals surface area contributed by atoms with Crippen molar-refractivity contribution in [2.45, 2.75) is 46.2 Å². The van der Waals surface area contributed by atoms with Gasteiger partial charge in [-0.3, -0.25) is 24.4 Å². The van der Waals surface area contributed by atoms with Gasteiger partial charge in [-0.2, -0.15) is 0 Å². The smallest absolute Gasteiger partial charge is 0.281 e. The van der Waals surface area contributed by atoms with E-state index in [9.17, 15) is 19.2 Å². The minimum Gasteiger partial charge on any atom is -0.484 e. The minimum atomic E-state index is -0.801. The Morgan fingerprint density at radius 2 is 1.72 bits per heavy atom. The summed E-state index contributed by atoms with van der Waals surface area (Å²) in [6, 6.07) is 11.7. The molecule has 2 aromatic rings. The van der Waals surface area contributed by atoms with Crippen LogP contribution in [0.2, 0.25) is 0 Å². The second-order valence-electron chi connectivity index (χ2n) is 10.9. The molecule has 3 rings (SSSR count). The molecule has 0 saturated carbocycles. The van der Waals surface area contributed by atoms with Gasteiger partial charge in [0, 0.05) is 44.9 Å². The zero-order chi connectivity index (χ0) is 28.7. The summed E-state index contributed by atoms with van der Waals surface area (Å²) in [5, 5.41) is 14.3. The Balaban J connectivity index is 1.80. The van der Waals surface area contributed by atoms with Gasteiger partial charge in [-0.25, -0.2) is 5.48 Å². The third-order valence-corrected chi connectivity index (χ3v) is 6.20. The summed E-state index contributed by atoms with van der Waals surface area (Å²) in [6.07, 6.45) is 0.522. The fourth-order valence-electron chi connectivity index (χ4n) is 4.22. The van der Waals surface area contributed by atoms with Crippen LogP contribution < -0.4 is 25.8 Å². The second kappa shape index (κ2) is 12.6. The van der Waals surface area contributed by atoms with Gasteiger partial charge in [0.05, 0.1) is 6.54 Å². The van der Waals surface area contributed by atoms with E-state index in [0.29, 0.717) is 11.4 Å². The first-order valence-corrected chi connectivity index (χ1v) is 12.7. The third-order valence-electron chi connectivity index (χ3n) is 6.20. The van der Waals surface area contributed by atoms with Crippen molar-refractivity contribution in [1.82, 2.24) is 15.7 Å². The number of rotatable bonds is 9. The molecular weight excluding hydrogens is 502 g/mol. The van der Waals surface area contributed by atoms with E-state index in [1.165, 1.54) is 10.4 Å². The molecule has 4 amide bonds. The topological polar surface area (TPSA) is 140 Å². The lowest BCUT2D eigenvalue weighted by Crippen LogP contribution is -2.53. The number of hydroxylamine groups is 1. The van der Waals surface area contributed by atoms with Crippen molar-refractivity contribution in [1.29, 1.82) is 0 Å². The molecule has 1 aliphatic heterocycles. The molecule has 39 heavy (non-hydrogen) atoms. The summed E-state index contributed by atoms with van der Waals surface area (Å²) in [7, 11) is 3.85. The first kappa shape index (κ1) is 29.4. The molecule has 11 nitrogen and oxygen atoms in total. The number of benzene rings is 2. The molecule has 4 N–H and O–H groups in total. The van der Waals surface area contributed by atoms with Gasteiger partial charge >= 0.3 is 0 Å². The number of amides is 4. The van der Waals surface area contributed by atoms with Crippen LogP contribution in [0.15, 0.2) is 42.5 Å². The maximum absolute atomic E-state index is 13.4. The fraction of sp³-hybridized carbons (Fsp3) is 0.429. The zero-order valence-corrected chi connectivity index (χ0v) is 23.0. The normalized spacial score (nSPS) is 14.6. The molecule has 210 valence electrons. The highest BCUT2D eigenvalue weighted by Gasteiger charge is 2.35. The maximum Gasteiger partial charge on any atom is 0.281 e. The number of hydrogen-bond acceptors (Lipinski definition) is 7. The zero-order valence-electron chi connectivity index (χ0n) is 23.0. The van der Waals surface area contributed by atoms with E-state index in [1.54, 1.807) is 30.3 Å². The number of ether oxygens (including phenoxy) is 1. The lowest BCUT2D eigenvalue weighted by Gasteiger charge is -2.36. The molecule has 2 aromatic carbocycles. The van der Waals surface area contributed by atoms with Crippen molar-refractivity contribution in [3.8, 4) is 5.75 Å². The Morgan fingerprint density at radius 1 is 1.03 bits per heavy atom. The highest BCUT2D eigenvalue weighted by atomic mass is 16.5. The molecule has 1 heterocycles. The summed E-state index contributed by atoms with van der Waals surface area (Å²) in [6.45, 7) is 5.31. The largest absolute Gasteiger partial charge is 0.484 e. The Bertz CT molecular complexity index is 1210. The monoisotopic (exact) mass is 539 g/mol. The molecule has 0 unspecified atom stereocenters. The number of carbonyl (C=O) groups is 4. The number of fused-ring (bicyclic) bond motifs is 1. The Kier molecular flexibility index (Phi) is 9.52. The van der Waals surface area contributed by atoms with Crippen LogP contribution in [-0.4, -0.2) is 67.0 Å². The molecule has 0 saturated heterocycles. The number of nitrogens with one attached hydrogen (secondary N) is 3. The van der Waals surface area contributed by atoms with E-state index in [2.05, 4.69) is 10.6 Å². The summed E-state index contributed by atoms with van der Waals surface area (Å²) < 4.78 is 5.41. The molecule has 1 aliphatic rings. The Labute approximate surface area is 228 Å². The second-order valence-corrected chi connectivity index (χ2v) is 10.9. The molecule has 0 spiro atoms. The molecule has 0 radical (unpaired) electrons.